The number of terminal acetylenes is 1. The second kappa shape index (κ2) is 5.19. The maximum atomic E-state index is 10.8. The highest BCUT2D eigenvalue weighted by atomic mass is 16.5. The lowest BCUT2D eigenvalue weighted by molar-refractivity contribution is -0.145. The van der Waals surface area contributed by atoms with Crippen LogP contribution in [-0.2, 0) is 14.3 Å². The molecule has 4 nitrogen and oxygen atoms in total. The smallest absolute Gasteiger partial charge is 0.325 e. The second-order valence-electron chi connectivity index (χ2n) is 2.16. The lowest BCUT2D eigenvalue weighted by Gasteiger charge is -2.15. The van der Waals surface area contributed by atoms with E-state index in [-0.39, 0.29) is 19.0 Å². The first-order valence-electron chi connectivity index (χ1n) is 3.37. The summed E-state index contributed by atoms with van der Waals surface area (Å²) in [6.45, 7) is 1.39. The molecule has 1 amide bonds. The number of ether oxygens (including phenoxy) is 1. The Labute approximate surface area is 71.5 Å². The first-order chi connectivity index (χ1) is 5.61. The van der Waals surface area contributed by atoms with Crippen LogP contribution in [0.2, 0.25) is 0 Å². The highest BCUT2D eigenvalue weighted by Gasteiger charge is 2.11. The SMILES string of the molecule is C#CCN(CC(=O)OC)C(C)=O. The average molecular weight is 169 g/mol. The van der Waals surface area contributed by atoms with Crippen LogP contribution < -0.4 is 0 Å². The van der Waals surface area contributed by atoms with Crippen LogP contribution in [-0.4, -0.2) is 37.0 Å². The number of nitrogens with zero attached hydrogens (tertiary/aromatic N) is 1. The zero-order valence-corrected chi connectivity index (χ0v) is 7.16. The van der Waals surface area contributed by atoms with Gasteiger partial charge in [0, 0.05) is 6.92 Å². The molecule has 0 saturated carbocycles. The van der Waals surface area contributed by atoms with E-state index < -0.39 is 5.97 Å². The number of carbonyl (C=O) groups is 2. The van der Waals surface area contributed by atoms with Gasteiger partial charge in [-0.15, -0.1) is 6.42 Å². The molecule has 0 aromatic rings. The molecule has 0 N–H and O–H groups in total. The lowest BCUT2D eigenvalue weighted by Crippen LogP contribution is -2.34. The quantitative estimate of drug-likeness (QED) is 0.428. The van der Waals surface area contributed by atoms with Gasteiger partial charge >= 0.3 is 5.97 Å². The van der Waals surface area contributed by atoms with E-state index in [4.69, 9.17) is 6.42 Å². The Morgan fingerprint density at radius 3 is 2.50 bits per heavy atom. The van der Waals surface area contributed by atoms with Crippen LogP contribution in [0.3, 0.4) is 0 Å². The zero-order valence-electron chi connectivity index (χ0n) is 7.16. The van der Waals surface area contributed by atoms with Crippen molar-refractivity contribution in [3.8, 4) is 12.3 Å². The summed E-state index contributed by atoms with van der Waals surface area (Å²) in [5.41, 5.74) is 0. The van der Waals surface area contributed by atoms with Crippen molar-refractivity contribution in [3.05, 3.63) is 0 Å². The molecular formula is C8H11NO3. The number of amides is 1. The number of hydrogen-bond acceptors (Lipinski definition) is 3. The Kier molecular flexibility index (Phi) is 4.54. The fraction of sp³-hybridized carbons (Fsp3) is 0.500. The van der Waals surface area contributed by atoms with Crippen molar-refractivity contribution >= 4 is 11.9 Å². The van der Waals surface area contributed by atoms with E-state index in [0.29, 0.717) is 0 Å². The second-order valence-corrected chi connectivity index (χ2v) is 2.16. The van der Waals surface area contributed by atoms with E-state index >= 15 is 0 Å². The summed E-state index contributed by atoms with van der Waals surface area (Å²) in [5.74, 6) is 1.57. The highest BCUT2D eigenvalue weighted by Crippen LogP contribution is 1.89. The van der Waals surface area contributed by atoms with Gasteiger partial charge in [0.15, 0.2) is 0 Å². The van der Waals surface area contributed by atoms with E-state index in [1.807, 2.05) is 0 Å². The lowest BCUT2D eigenvalue weighted by atomic mass is 10.4. The van der Waals surface area contributed by atoms with Crippen molar-refractivity contribution < 1.29 is 14.3 Å². The van der Waals surface area contributed by atoms with Gasteiger partial charge in [0.05, 0.1) is 13.7 Å². The number of carbonyl (C=O) groups excluding carboxylic acids is 2. The van der Waals surface area contributed by atoms with Gasteiger partial charge in [-0.3, -0.25) is 9.59 Å². The molecule has 0 rings (SSSR count). The molecule has 0 aliphatic rings. The predicted molar refractivity (Wildman–Crippen MR) is 43.1 cm³/mol. The van der Waals surface area contributed by atoms with Gasteiger partial charge in [-0.2, -0.15) is 0 Å². The molecule has 66 valence electrons. The topological polar surface area (TPSA) is 46.6 Å². The monoisotopic (exact) mass is 169 g/mol. The van der Waals surface area contributed by atoms with Gasteiger partial charge < -0.3 is 9.64 Å². The van der Waals surface area contributed by atoms with Crippen LogP contribution in [0.4, 0.5) is 0 Å². The molecule has 4 heteroatoms. The first kappa shape index (κ1) is 10.5. The summed E-state index contributed by atoms with van der Waals surface area (Å²) in [7, 11) is 1.26. The van der Waals surface area contributed by atoms with E-state index in [0.717, 1.165) is 0 Å². The third-order valence-electron chi connectivity index (χ3n) is 1.28. The molecular weight excluding hydrogens is 158 g/mol. The first-order valence-corrected chi connectivity index (χ1v) is 3.37. The minimum absolute atomic E-state index is 0.0873. The molecule has 0 atom stereocenters. The number of esters is 1. The predicted octanol–water partition coefficient (Wildman–Crippen LogP) is -0.359. The molecule has 0 bridgehead atoms. The normalized spacial score (nSPS) is 8.42. The Balaban J connectivity index is 4.06. The highest BCUT2D eigenvalue weighted by molar-refractivity contribution is 5.80. The minimum atomic E-state index is -0.472. The zero-order chi connectivity index (χ0) is 9.56. The molecule has 0 fully saturated rings. The molecule has 12 heavy (non-hydrogen) atoms. The van der Waals surface area contributed by atoms with E-state index in [9.17, 15) is 9.59 Å². The van der Waals surface area contributed by atoms with Gasteiger partial charge in [-0.25, -0.2) is 0 Å². The van der Waals surface area contributed by atoms with Crippen molar-refractivity contribution in [3.63, 3.8) is 0 Å². The van der Waals surface area contributed by atoms with Crippen LogP contribution in [0.5, 0.6) is 0 Å². The maximum Gasteiger partial charge on any atom is 0.325 e. The van der Waals surface area contributed by atoms with Gasteiger partial charge in [-0.1, -0.05) is 5.92 Å². The Morgan fingerprint density at radius 2 is 2.17 bits per heavy atom. The van der Waals surface area contributed by atoms with E-state index in [2.05, 4.69) is 10.7 Å². The summed E-state index contributed by atoms with van der Waals surface area (Å²) in [6.07, 6.45) is 4.99. The number of rotatable bonds is 3. The molecule has 0 unspecified atom stereocenters. The van der Waals surface area contributed by atoms with Crippen molar-refractivity contribution in [1.29, 1.82) is 0 Å². The fourth-order valence-corrected chi connectivity index (χ4v) is 0.609. The van der Waals surface area contributed by atoms with E-state index in [1.54, 1.807) is 0 Å². The van der Waals surface area contributed by atoms with Crippen LogP contribution in [0.25, 0.3) is 0 Å². The summed E-state index contributed by atoms with van der Waals surface area (Å²) in [6, 6.07) is 0. The largest absolute Gasteiger partial charge is 0.468 e. The third-order valence-corrected chi connectivity index (χ3v) is 1.28. The van der Waals surface area contributed by atoms with Gasteiger partial charge in [0.25, 0.3) is 0 Å². The van der Waals surface area contributed by atoms with Crippen molar-refractivity contribution in [2.75, 3.05) is 20.2 Å². The molecule has 0 saturated heterocycles. The van der Waals surface area contributed by atoms with Crippen LogP contribution in [0.15, 0.2) is 0 Å². The van der Waals surface area contributed by atoms with Crippen molar-refractivity contribution in [1.82, 2.24) is 4.90 Å². The van der Waals surface area contributed by atoms with Crippen LogP contribution >= 0.6 is 0 Å². The van der Waals surface area contributed by atoms with Gasteiger partial charge in [-0.05, 0) is 0 Å². The van der Waals surface area contributed by atoms with Gasteiger partial charge in [0.2, 0.25) is 5.91 Å². The van der Waals surface area contributed by atoms with Crippen LogP contribution in [0.1, 0.15) is 6.92 Å². The molecule has 0 spiro atoms. The Hall–Kier alpha value is -1.50. The Morgan fingerprint density at radius 1 is 1.58 bits per heavy atom. The molecule has 0 aliphatic heterocycles. The molecule has 0 heterocycles. The molecule has 0 aromatic carbocycles. The van der Waals surface area contributed by atoms with Crippen LogP contribution in [0, 0.1) is 12.3 Å². The van der Waals surface area contributed by atoms with E-state index in [1.165, 1.54) is 18.9 Å². The summed E-state index contributed by atoms with van der Waals surface area (Å²) >= 11 is 0. The Bertz CT molecular complexity index is 217. The average Bonchev–Trinajstić information content (AvgIpc) is 2.03. The summed E-state index contributed by atoms with van der Waals surface area (Å²) < 4.78 is 4.38. The fourth-order valence-electron chi connectivity index (χ4n) is 0.609. The molecule has 0 aliphatic carbocycles. The summed E-state index contributed by atoms with van der Waals surface area (Å²) in [4.78, 5) is 22.8. The standard InChI is InChI=1S/C8H11NO3/c1-4-5-9(7(2)10)6-8(11)12-3/h1H,5-6H2,2-3H3. The molecule has 0 aromatic heterocycles. The number of hydrogen-bond donors (Lipinski definition) is 0. The van der Waals surface area contributed by atoms with Crippen molar-refractivity contribution in [2.45, 2.75) is 6.92 Å². The van der Waals surface area contributed by atoms with Crippen molar-refractivity contribution in [2.24, 2.45) is 0 Å². The minimum Gasteiger partial charge on any atom is -0.468 e. The molecule has 0 radical (unpaired) electrons. The maximum absolute atomic E-state index is 10.8. The number of methoxy groups -OCH3 is 1. The van der Waals surface area contributed by atoms with Gasteiger partial charge in [0.1, 0.15) is 6.54 Å². The third kappa shape index (κ3) is 3.62. The summed E-state index contributed by atoms with van der Waals surface area (Å²) in [5, 5.41) is 0.